The number of nitrogens with zero attached hydrogens (tertiary/aromatic N) is 1. The van der Waals surface area contributed by atoms with Gasteiger partial charge in [0.15, 0.2) is 6.61 Å². The standard InChI is InChI=1S/C17H16N2O5S/c1-12-9-13(19(22)23)7-8-15(12)18-16(20)10-24-17(21)11-25-14-5-3-2-4-6-14/h2-9H,10-11H2,1H3,(H,18,20). The summed E-state index contributed by atoms with van der Waals surface area (Å²) in [7, 11) is 0. The van der Waals surface area contributed by atoms with E-state index in [2.05, 4.69) is 5.32 Å². The predicted molar refractivity (Wildman–Crippen MR) is 94.6 cm³/mol. The van der Waals surface area contributed by atoms with Crippen LogP contribution in [0.2, 0.25) is 0 Å². The molecule has 0 fully saturated rings. The third-order valence-corrected chi connectivity index (χ3v) is 4.14. The van der Waals surface area contributed by atoms with Gasteiger partial charge in [-0.05, 0) is 30.7 Å². The van der Waals surface area contributed by atoms with E-state index in [0.29, 0.717) is 11.3 Å². The summed E-state index contributed by atoms with van der Waals surface area (Å²) in [5, 5.41) is 13.2. The Balaban J connectivity index is 1.78. The predicted octanol–water partition coefficient (Wildman–Crippen LogP) is 3.18. The van der Waals surface area contributed by atoms with E-state index in [4.69, 9.17) is 4.74 Å². The summed E-state index contributed by atoms with van der Waals surface area (Å²) in [5.74, 6) is -0.896. The number of nitro groups is 1. The van der Waals surface area contributed by atoms with E-state index < -0.39 is 23.4 Å². The van der Waals surface area contributed by atoms with Gasteiger partial charge in [0.25, 0.3) is 11.6 Å². The number of rotatable bonds is 7. The highest BCUT2D eigenvalue weighted by Gasteiger charge is 2.12. The third kappa shape index (κ3) is 5.92. The van der Waals surface area contributed by atoms with Crippen molar-refractivity contribution in [3.05, 3.63) is 64.2 Å². The number of carbonyl (C=O) groups excluding carboxylic acids is 2. The topological polar surface area (TPSA) is 98.5 Å². The van der Waals surface area contributed by atoms with Crippen LogP contribution >= 0.6 is 11.8 Å². The van der Waals surface area contributed by atoms with Crippen LogP contribution in [-0.4, -0.2) is 29.2 Å². The molecule has 0 spiro atoms. The number of anilines is 1. The van der Waals surface area contributed by atoms with Crippen molar-refractivity contribution in [3.63, 3.8) is 0 Å². The van der Waals surface area contributed by atoms with E-state index in [1.54, 1.807) is 6.92 Å². The van der Waals surface area contributed by atoms with Crippen molar-refractivity contribution in [1.29, 1.82) is 0 Å². The van der Waals surface area contributed by atoms with Crippen LogP contribution in [0.5, 0.6) is 0 Å². The van der Waals surface area contributed by atoms with E-state index in [1.807, 2.05) is 30.3 Å². The molecule has 8 heteroatoms. The molecule has 25 heavy (non-hydrogen) atoms. The summed E-state index contributed by atoms with van der Waals surface area (Å²) in [4.78, 5) is 34.6. The first-order valence-electron chi connectivity index (χ1n) is 7.34. The van der Waals surface area contributed by atoms with Crippen LogP contribution in [0.3, 0.4) is 0 Å². The number of hydrogen-bond acceptors (Lipinski definition) is 6. The van der Waals surface area contributed by atoms with Gasteiger partial charge in [-0.15, -0.1) is 11.8 Å². The number of hydrogen-bond donors (Lipinski definition) is 1. The lowest BCUT2D eigenvalue weighted by Gasteiger charge is -2.09. The summed E-state index contributed by atoms with van der Waals surface area (Å²) in [5.41, 5.74) is 0.929. The number of ether oxygens (including phenoxy) is 1. The zero-order chi connectivity index (χ0) is 18.2. The van der Waals surface area contributed by atoms with E-state index in [9.17, 15) is 19.7 Å². The Morgan fingerprint density at radius 1 is 1.20 bits per heavy atom. The Labute approximate surface area is 148 Å². The van der Waals surface area contributed by atoms with E-state index >= 15 is 0 Å². The highest BCUT2D eigenvalue weighted by Crippen LogP contribution is 2.21. The average molecular weight is 360 g/mol. The van der Waals surface area contributed by atoms with Gasteiger partial charge in [-0.2, -0.15) is 0 Å². The maximum Gasteiger partial charge on any atom is 0.316 e. The minimum atomic E-state index is -0.509. The number of nitro benzene ring substituents is 1. The minimum Gasteiger partial charge on any atom is -0.455 e. The fourth-order valence-corrected chi connectivity index (χ4v) is 2.65. The molecule has 0 radical (unpaired) electrons. The van der Waals surface area contributed by atoms with Crippen molar-refractivity contribution < 1.29 is 19.2 Å². The Morgan fingerprint density at radius 3 is 2.56 bits per heavy atom. The number of esters is 1. The Kier molecular flexibility index (Phi) is 6.53. The average Bonchev–Trinajstić information content (AvgIpc) is 2.60. The zero-order valence-corrected chi connectivity index (χ0v) is 14.2. The first-order valence-corrected chi connectivity index (χ1v) is 8.32. The molecule has 0 aliphatic rings. The van der Waals surface area contributed by atoms with Crippen molar-refractivity contribution in [3.8, 4) is 0 Å². The van der Waals surface area contributed by atoms with Gasteiger partial charge in [-0.1, -0.05) is 18.2 Å². The first-order chi connectivity index (χ1) is 12.0. The Morgan fingerprint density at radius 2 is 1.92 bits per heavy atom. The fourth-order valence-electron chi connectivity index (χ4n) is 1.93. The van der Waals surface area contributed by atoms with Gasteiger partial charge < -0.3 is 10.1 Å². The van der Waals surface area contributed by atoms with Crippen LogP contribution in [0.1, 0.15) is 5.56 Å². The number of nitrogens with one attached hydrogen (secondary N) is 1. The molecule has 0 saturated carbocycles. The second-order valence-electron chi connectivity index (χ2n) is 5.07. The van der Waals surface area contributed by atoms with Crippen molar-refractivity contribution in [2.45, 2.75) is 11.8 Å². The summed E-state index contributed by atoms with van der Waals surface area (Å²) in [6, 6.07) is 13.5. The maximum atomic E-state index is 11.8. The highest BCUT2D eigenvalue weighted by molar-refractivity contribution is 8.00. The second-order valence-corrected chi connectivity index (χ2v) is 6.12. The molecule has 1 N–H and O–H groups in total. The van der Waals surface area contributed by atoms with Crippen molar-refractivity contribution in [1.82, 2.24) is 0 Å². The van der Waals surface area contributed by atoms with Gasteiger partial charge in [-0.3, -0.25) is 19.7 Å². The molecular weight excluding hydrogens is 344 g/mol. The van der Waals surface area contributed by atoms with Crippen molar-refractivity contribution in [2.75, 3.05) is 17.7 Å². The molecule has 0 atom stereocenters. The van der Waals surface area contributed by atoms with Crippen molar-refractivity contribution >= 4 is 35.0 Å². The van der Waals surface area contributed by atoms with E-state index in [0.717, 1.165) is 4.90 Å². The van der Waals surface area contributed by atoms with Crippen LogP contribution in [-0.2, 0) is 14.3 Å². The second kappa shape index (κ2) is 8.84. The van der Waals surface area contributed by atoms with Crippen LogP contribution in [0.25, 0.3) is 0 Å². The SMILES string of the molecule is Cc1cc([N+](=O)[O-])ccc1NC(=O)COC(=O)CSc1ccccc1. The lowest BCUT2D eigenvalue weighted by molar-refractivity contribution is -0.384. The zero-order valence-electron chi connectivity index (χ0n) is 13.4. The lowest BCUT2D eigenvalue weighted by atomic mass is 10.2. The third-order valence-electron chi connectivity index (χ3n) is 3.16. The summed E-state index contributed by atoms with van der Waals surface area (Å²) in [6.07, 6.45) is 0. The van der Waals surface area contributed by atoms with Crippen LogP contribution in [0, 0.1) is 17.0 Å². The Bertz CT molecular complexity index is 780. The molecule has 0 unspecified atom stereocenters. The largest absolute Gasteiger partial charge is 0.455 e. The monoisotopic (exact) mass is 360 g/mol. The molecule has 2 rings (SSSR count). The van der Waals surface area contributed by atoms with E-state index in [1.165, 1.54) is 30.0 Å². The molecular formula is C17H16N2O5S. The molecule has 0 aliphatic carbocycles. The fraction of sp³-hybridized carbons (Fsp3) is 0.176. The van der Waals surface area contributed by atoms with Gasteiger partial charge in [0.2, 0.25) is 0 Å². The smallest absolute Gasteiger partial charge is 0.316 e. The Hall–Kier alpha value is -2.87. The molecule has 130 valence electrons. The summed E-state index contributed by atoms with van der Waals surface area (Å²) < 4.78 is 4.92. The quantitative estimate of drug-likeness (QED) is 0.352. The number of thioether (sulfide) groups is 1. The van der Waals surface area contributed by atoms with Gasteiger partial charge in [0.1, 0.15) is 0 Å². The number of benzene rings is 2. The first kappa shape index (κ1) is 18.5. The minimum absolute atomic E-state index is 0.0557. The van der Waals surface area contributed by atoms with Crippen LogP contribution in [0.4, 0.5) is 11.4 Å². The van der Waals surface area contributed by atoms with E-state index in [-0.39, 0.29) is 11.4 Å². The van der Waals surface area contributed by atoms with Gasteiger partial charge in [0, 0.05) is 22.7 Å². The molecule has 0 bridgehead atoms. The summed E-state index contributed by atoms with van der Waals surface area (Å²) >= 11 is 1.32. The van der Waals surface area contributed by atoms with Crippen molar-refractivity contribution in [2.24, 2.45) is 0 Å². The molecule has 0 aromatic heterocycles. The molecule has 2 aromatic carbocycles. The van der Waals surface area contributed by atoms with Gasteiger partial charge in [0.05, 0.1) is 10.7 Å². The molecule has 0 aliphatic heterocycles. The normalized spacial score (nSPS) is 10.1. The van der Waals surface area contributed by atoms with Gasteiger partial charge in [-0.25, -0.2) is 0 Å². The number of aryl methyl sites for hydroxylation is 1. The number of carbonyl (C=O) groups is 2. The molecule has 2 aromatic rings. The lowest BCUT2D eigenvalue weighted by Crippen LogP contribution is -2.22. The number of non-ortho nitro benzene ring substituents is 1. The molecule has 0 heterocycles. The van der Waals surface area contributed by atoms with Crippen LogP contribution in [0.15, 0.2) is 53.4 Å². The molecule has 0 saturated heterocycles. The summed E-state index contributed by atoms with van der Waals surface area (Å²) in [6.45, 7) is 1.23. The molecule has 7 nitrogen and oxygen atoms in total. The molecule has 1 amide bonds. The maximum absolute atomic E-state index is 11.8. The number of amides is 1. The highest BCUT2D eigenvalue weighted by atomic mass is 32.2. The van der Waals surface area contributed by atoms with Gasteiger partial charge >= 0.3 is 5.97 Å². The van der Waals surface area contributed by atoms with Crippen LogP contribution < -0.4 is 5.32 Å².